The summed E-state index contributed by atoms with van der Waals surface area (Å²) in [6.45, 7) is 4.70. The van der Waals surface area contributed by atoms with Crippen LogP contribution in [0.2, 0.25) is 0 Å². The van der Waals surface area contributed by atoms with Gasteiger partial charge in [-0.3, -0.25) is 4.99 Å². The number of aliphatic imine (C=N–C) groups is 1. The summed E-state index contributed by atoms with van der Waals surface area (Å²) in [5.41, 5.74) is 1.15. The van der Waals surface area contributed by atoms with Crippen LogP contribution in [0.3, 0.4) is 0 Å². The fourth-order valence-electron chi connectivity index (χ4n) is 3.03. The highest BCUT2D eigenvalue weighted by molar-refractivity contribution is 14.0. The number of methoxy groups -OCH3 is 1. The average Bonchev–Trinajstić information content (AvgIpc) is 3.27. The van der Waals surface area contributed by atoms with Crippen LogP contribution in [-0.4, -0.2) is 44.2 Å². The van der Waals surface area contributed by atoms with Crippen molar-refractivity contribution in [2.75, 3.05) is 32.1 Å². The zero-order chi connectivity index (χ0) is 17.6. The minimum absolute atomic E-state index is 0. The van der Waals surface area contributed by atoms with Gasteiger partial charge in [0.1, 0.15) is 5.75 Å². The second-order valence-corrected chi connectivity index (χ2v) is 7.34. The summed E-state index contributed by atoms with van der Waals surface area (Å²) in [6, 6.07) is 8.53. The van der Waals surface area contributed by atoms with E-state index >= 15 is 0 Å². The molecule has 1 aliphatic rings. The van der Waals surface area contributed by atoms with E-state index in [0.717, 1.165) is 48.5 Å². The first-order valence-corrected chi connectivity index (χ1v) is 9.27. The SMILES string of the molecule is CN=C(NCc1cnc(C)s1)NC1CCN(c2ccccc2OC)C1.I. The van der Waals surface area contributed by atoms with Crippen molar-refractivity contribution >= 4 is 47.0 Å². The first-order valence-electron chi connectivity index (χ1n) is 8.46. The van der Waals surface area contributed by atoms with Gasteiger partial charge >= 0.3 is 0 Å². The van der Waals surface area contributed by atoms with E-state index in [4.69, 9.17) is 4.74 Å². The van der Waals surface area contributed by atoms with Gasteiger partial charge in [0.15, 0.2) is 5.96 Å². The summed E-state index contributed by atoms with van der Waals surface area (Å²) in [7, 11) is 3.53. The van der Waals surface area contributed by atoms with Crippen LogP contribution >= 0.6 is 35.3 Å². The fourth-order valence-corrected chi connectivity index (χ4v) is 3.77. The molecule has 1 saturated heterocycles. The molecular weight excluding hydrogens is 461 g/mol. The molecule has 0 spiro atoms. The Morgan fingerprint density at radius 2 is 2.23 bits per heavy atom. The molecule has 0 radical (unpaired) electrons. The van der Waals surface area contributed by atoms with Gasteiger partial charge in [0.25, 0.3) is 0 Å². The monoisotopic (exact) mass is 487 g/mol. The molecule has 6 nitrogen and oxygen atoms in total. The van der Waals surface area contributed by atoms with Gasteiger partial charge in [0, 0.05) is 37.3 Å². The van der Waals surface area contributed by atoms with Crippen molar-refractivity contribution in [3.63, 3.8) is 0 Å². The van der Waals surface area contributed by atoms with Crippen molar-refractivity contribution in [2.24, 2.45) is 4.99 Å². The fraction of sp³-hybridized carbons (Fsp3) is 0.444. The number of halogens is 1. The Morgan fingerprint density at radius 1 is 1.42 bits per heavy atom. The third-order valence-corrected chi connectivity index (χ3v) is 5.19. The number of hydrogen-bond donors (Lipinski definition) is 2. The van der Waals surface area contributed by atoms with Crippen molar-refractivity contribution in [3.8, 4) is 5.75 Å². The van der Waals surface area contributed by atoms with E-state index in [1.54, 1.807) is 25.5 Å². The lowest BCUT2D eigenvalue weighted by Crippen LogP contribution is -2.44. The van der Waals surface area contributed by atoms with Crippen LogP contribution < -0.4 is 20.3 Å². The van der Waals surface area contributed by atoms with Crippen molar-refractivity contribution in [3.05, 3.63) is 40.3 Å². The summed E-state index contributed by atoms with van der Waals surface area (Å²) >= 11 is 1.71. The Balaban J connectivity index is 0.00000243. The number of benzene rings is 1. The van der Waals surface area contributed by atoms with Crippen LogP contribution in [0, 0.1) is 6.92 Å². The van der Waals surface area contributed by atoms with E-state index in [9.17, 15) is 0 Å². The Bertz CT molecular complexity index is 736. The first kappa shape index (κ1) is 20.8. The maximum Gasteiger partial charge on any atom is 0.191 e. The molecule has 1 aromatic carbocycles. The van der Waals surface area contributed by atoms with E-state index in [0.29, 0.717) is 6.04 Å². The number of ether oxygens (including phenoxy) is 1. The number of rotatable bonds is 5. The molecule has 1 atom stereocenters. The lowest BCUT2D eigenvalue weighted by molar-refractivity contribution is 0.415. The van der Waals surface area contributed by atoms with Gasteiger partial charge in [-0.2, -0.15) is 0 Å². The molecule has 0 aliphatic carbocycles. The largest absolute Gasteiger partial charge is 0.495 e. The maximum atomic E-state index is 5.48. The molecule has 0 saturated carbocycles. The summed E-state index contributed by atoms with van der Waals surface area (Å²) in [4.78, 5) is 12.2. The molecule has 2 aromatic rings. The molecule has 26 heavy (non-hydrogen) atoms. The van der Waals surface area contributed by atoms with Gasteiger partial charge in [0.05, 0.1) is 24.3 Å². The maximum absolute atomic E-state index is 5.48. The predicted molar refractivity (Wildman–Crippen MR) is 119 cm³/mol. The van der Waals surface area contributed by atoms with Gasteiger partial charge in [-0.25, -0.2) is 4.98 Å². The third kappa shape index (κ3) is 5.23. The highest BCUT2D eigenvalue weighted by Crippen LogP contribution is 2.30. The Kier molecular flexibility index (Phi) is 7.95. The second kappa shape index (κ2) is 9.96. The number of para-hydroxylation sites is 2. The Labute approximate surface area is 176 Å². The van der Waals surface area contributed by atoms with Crippen LogP contribution in [0.4, 0.5) is 5.69 Å². The number of guanidine groups is 1. The molecule has 3 rings (SSSR count). The number of hydrogen-bond acceptors (Lipinski definition) is 5. The summed E-state index contributed by atoms with van der Waals surface area (Å²) < 4.78 is 5.48. The van der Waals surface area contributed by atoms with Crippen molar-refractivity contribution in [1.29, 1.82) is 0 Å². The molecule has 0 bridgehead atoms. The molecule has 0 amide bonds. The summed E-state index contributed by atoms with van der Waals surface area (Å²) in [5, 5.41) is 7.98. The van der Waals surface area contributed by atoms with Gasteiger partial charge in [-0.05, 0) is 25.5 Å². The van der Waals surface area contributed by atoms with Gasteiger partial charge < -0.3 is 20.3 Å². The molecule has 1 fully saturated rings. The minimum atomic E-state index is 0. The van der Waals surface area contributed by atoms with E-state index < -0.39 is 0 Å². The van der Waals surface area contributed by atoms with Crippen LogP contribution in [0.1, 0.15) is 16.3 Å². The molecule has 2 heterocycles. The predicted octanol–water partition coefficient (Wildman–Crippen LogP) is 3.02. The molecule has 2 N–H and O–H groups in total. The van der Waals surface area contributed by atoms with Crippen molar-refractivity contribution in [2.45, 2.75) is 25.9 Å². The smallest absolute Gasteiger partial charge is 0.191 e. The van der Waals surface area contributed by atoms with Gasteiger partial charge in [0.2, 0.25) is 0 Å². The van der Waals surface area contributed by atoms with Crippen LogP contribution in [0.15, 0.2) is 35.5 Å². The number of nitrogens with one attached hydrogen (secondary N) is 2. The minimum Gasteiger partial charge on any atom is -0.495 e. The van der Waals surface area contributed by atoms with E-state index in [2.05, 4.69) is 37.6 Å². The quantitative estimate of drug-likeness (QED) is 0.386. The van der Waals surface area contributed by atoms with Gasteiger partial charge in [-0.1, -0.05) is 12.1 Å². The molecule has 1 unspecified atom stereocenters. The van der Waals surface area contributed by atoms with E-state index in [-0.39, 0.29) is 24.0 Å². The molecular formula is C18H26IN5OS. The first-order chi connectivity index (χ1) is 12.2. The highest BCUT2D eigenvalue weighted by atomic mass is 127. The molecule has 1 aliphatic heterocycles. The number of anilines is 1. The van der Waals surface area contributed by atoms with Gasteiger partial charge in [-0.15, -0.1) is 35.3 Å². The van der Waals surface area contributed by atoms with Crippen molar-refractivity contribution < 1.29 is 4.74 Å². The zero-order valence-corrected chi connectivity index (χ0v) is 18.5. The topological polar surface area (TPSA) is 61.8 Å². The molecule has 1 aromatic heterocycles. The zero-order valence-electron chi connectivity index (χ0n) is 15.4. The van der Waals surface area contributed by atoms with Crippen LogP contribution in [0.5, 0.6) is 5.75 Å². The second-order valence-electron chi connectivity index (χ2n) is 6.02. The van der Waals surface area contributed by atoms with Crippen LogP contribution in [-0.2, 0) is 6.54 Å². The van der Waals surface area contributed by atoms with Crippen LogP contribution in [0.25, 0.3) is 0 Å². The number of thiazole rings is 1. The number of aryl methyl sites for hydroxylation is 1. The lowest BCUT2D eigenvalue weighted by atomic mass is 10.2. The summed E-state index contributed by atoms with van der Waals surface area (Å²) in [5.74, 6) is 1.75. The molecule has 142 valence electrons. The molecule has 8 heteroatoms. The van der Waals surface area contributed by atoms with E-state index in [1.807, 2.05) is 25.3 Å². The summed E-state index contributed by atoms with van der Waals surface area (Å²) in [6.07, 6.45) is 2.98. The average molecular weight is 487 g/mol. The normalized spacial score (nSPS) is 17.0. The highest BCUT2D eigenvalue weighted by Gasteiger charge is 2.25. The number of nitrogens with zero attached hydrogens (tertiary/aromatic N) is 3. The van der Waals surface area contributed by atoms with E-state index in [1.165, 1.54) is 4.88 Å². The van der Waals surface area contributed by atoms with Crippen molar-refractivity contribution in [1.82, 2.24) is 15.6 Å². The third-order valence-electron chi connectivity index (χ3n) is 4.28. The standard InChI is InChI=1S/C18H25N5OS.HI/c1-13-20-10-15(25-13)11-21-18(19-2)22-14-8-9-23(12-14)16-6-4-5-7-17(16)24-3;/h4-7,10,14H,8-9,11-12H2,1-3H3,(H2,19,21,22);1H. The number of aromatic nitrogens is 1. The Hall–Kier alpha value is -1.55. The Morgan fingerprint density at radius 3 is 2.92 bits per heavy atom. The lowest BCUT2D eigenvalue weighted by Gasteiger charge is -2.22.